The molecule has 14 heavy (non-hydrogen) atoms. The zero-order valence-corrected chi connectivity index (χ0v) is 9.57. The van der Waals surface area contributed by atoms with Crippen molar-refractivity contribution in [2.45, 2.75) is 38.8 Å². The van der Waals surface area contributed by atoms with E-state index < -0.39 is 0 Å². The lowest BCUT2D eigenvalue weighted by Crippen LogP contribution is -2.33. The number of methoxy groups -OCH3 is 1. The van der Waals surface area contributed by atoms with Gasteiger partial charge in [-0.05, 0) is 18.8 Å². The zero-order valence-electron chi connectivity index (χ0n) is 9.57. The maximum atomic E-state index is 9.60. The van der Waals surface area contributed by atoms with Crippen LogP contribution >= 0.6 is 0 Å². The molecule has 1 saturated heterocycles. The Morgan fingerprint density at radius 3 is 2.79 bits per heavy atom. The minimum Gasteiger partial charge on any atom is -0.392 e. The maximum Gasteiger partial charge on any atom is 0.0682 e. The smallest absolute Gasteiger partial charge is 0.0682 e. The second-order valence-corrected chi connectivity index (χ2v) is 4.66. The van der Waals surface area contributed by atoms with Crippen LogP contribution in [0.2, 0.25) is 0 Å². The predicted octanol–water partition coefficient (Wildman–Crippen LogP) is 1.11. The Balaban J connectivity index is 2.37. The maximum absolute atomic E-state index is 9.60. The molecule has 1 N–H and O–H groups in total. The molecule has 1 aliphatic heterocycles. The second kappa shape index (κ2) is 5.69. The number of ether oxygens (including phenoxy) is 1. The first-order valence-electron chi connectivity index (χ1n) is 5.54. The molecule has 1 aliphatic rings. The van der Waals surface area contributed by atoms with Crippen LogP contribution in [0.1, 0.15) is 26.7 Å². The lowest BCUT2D eigenvalue weighted by Gasteiger charge is -2.24. The summed E-state index contributed by atoms with van der Waals surface area (Å²) in [6.07, 6.45) is 1.98. The van der Waals surface area contributed by atoms with Gasteiger partial charge in [0.1, 0.15) is 0 Å². The Morgan fingerprint density at radius 1 is 1.50 bits per heavy atom. The van der Waals surface area contributed by atoms with Crippen molar-refractivity contribution in [1.29, 1.82) is 0 Å². The highest BCUT2D eigenvalue weighted by molar-refractivity contribution is 4.85. The quantitative estimate of drug-likeness (QED) is 0.723. The first kappa shape index (κ1) is 12.0. The molecule has 0 aromatic carbocycles. The highest BCUT2D eigenvalue weighted by Gasteiger charge is 2.30. The van der Waals surface area contributed by atoms with E-state index in [1.807, 2.05) is 0 Å². The molecule has 1 rings (SSSR count). The van der Waals surface area contributed by atoms with E-state index in [1.54, 1.807) is 7.11 Å². The lowest BCUT2D eigenvalue weighted by atomic mass is 10.0. The van der Waals surface area contributed by atoms with Crippen LogP contribution in [0.5, 0.6) is 0 Å². The second-order valence-electron chi connectivity index (χ2n) is 4.66. The topological polar surface area (TPSA) is 32.7 Å². The van der Waals surface area contributed by atoms with Crippen LogP contribution in [0, 0.1) is 5.92 Å². The van der Waals surface area contributed by atoms with Crippen molar-refractivity contribution in [2.75, 3.05) is 26.8 Å². The molecule has 0 amide bonds. The third kappa shape index (κ3) is 3.56. The van der Waals surface area contributed by atoms with E-state index in [0.717, 1.165) is 26.1 Å². The number of hydrogen-bond acceptors (Lipinski definition) is 3. The molecule has 0 bridgehead atoms. The SMILES string of the molecule is COCCN1C[C@H](O)C[C@H]1CC(C)C. The minimum absolute atomic E-state index is 0.129. The van der Waals surface area contributed by atoms with Crippen LogP contribution in [0.4, 0.5) is 0 Å². The molecule has 2 atom stereocenters. The van der Waals surface area contributed by atoms with Crippen LogP contribution in [0.3, 0.4) is 0 Å². The first-order valence-corrected chi connectivity index (χ1v) is 5.54. The van der Waals surface area contributed by atoms with Crippen molar-refractivity contribution in [3.63, 3.8) is 0 Å². The number of likely N-dealkylation sites (tertiary alicyclic amines) is 1. The normalized spacial score (nSPS) is 28.9. The highest BCUT2D eigenvalue weighted by atomic mass is 16.5. The number of aliphatic hydroxyl groups excluding tert-OH is 1. The van der Waals surface area contributed by atoms with Gasteiger partial charge >= 0.3 is 0 Å². The molecular weight excluding hydrogens is 178 g/mol. The molecule has 0 spiro atoms. The summed E-state index contributed by atoms with van der Waals surface area (Å²) >= 11 is 0. The van der Waals surface area contributed by atoms with Gasteiger partial charge in [-0.15, -0.1) is 0 Å². The van der Waals surface area contributed by atoms with E-state index in [9.17, 15) is 5.11 Å². The summed E-state index contributed by atoms with van der Waals surface area (Å²) in [6, 6.07) is 0.556. The third-order valence-electron chi connectivity index (χ3n) is 2.83. The Hall–Kier alpha value is -0.120. The molecule has 3 nitrogen and oxygen atoms in total. The van der Waals surface area contributed by atoms with Gasteiger partial charge in [0.2, 0.25) is 0 Å². The number of nitrogens with zero attached hydrogens (tertiary/aromatic N) is 1. The van der Waals surface area contributed by atoms with Crippen molar-refractivity contribution in [2.24, 2.45) is 5.92 Å². The summed E-state index contributed by atoms with van der Waals surface area (Å²) in [6.45, 7) is 7.01. The van der Waals surface area contributed by atoms with Crippen molar-refractivity contribution in [1.82, 2.24) is 4.90 Å². The molecular formula is C11H23NO2. The molecule has 0 unspecified atom stereocenters. The van der Waals surface area contributed by atoms with Crippen LogP contribution in [-0.2, 0) is 4.74 Å². The van der Waals surface area contributed by atoms with E-state index in [4.69, 9.17) is 4.74 Å². The average Bonchev–Trinajstić information content (AvgIpc) is 2.41. The molecule has 1 heterocycles. The Morgan fingerprint density at radius 2 is 2.21 bits per heavy atom. The summed E-state index contributed by atoms with van der Waals surface area (Å²) in [5, 5.41) is 9.60. The van der Waals surface area contributed by atoms with Crippen molar-refractivity contribution >= 4 is 0 Å². The molecule has 84 valence electrons. The Labute approximate surface area is 87.1 Å². The van der Waals surface area contributed by atoms with Gasteiger partial charge in [0.15, 0.2) is 0 Å². The molecule has 0 aromatic rings. The largest absolute Gasteiger partial charge is 0.392 e. The average molecular weight is 201 g/mol. The van der Waals surface area contributed by atoms with Gasteiger partial charge in [-0.3, -0.25) is 4.90 Å². The van der Waals surface area contributed by atoms with E-state index in [0.29, 0.717) is 12.0 Å². The fraction of sp³-hybridized carbons (Fsp3) is 1.00. The zero-order chi connectivity index (χ0) is 10.6. The monoisotopic (exact) mass is 201 g/mol. The fourth-order valence-electron chi connectivity index (χ4n) is 2.23. The Kier molecular flexibility index (Phi) is 4.85. The predicted molar refractivity (Wildman–Crippen MR) is 57.3 cm³/mol. The fourth-order valence-corrected chi connectivity index (χ4v) is 2.23. The van der Waals surface area contributed by atoms with Crippen LogP contribution in [0.15, 0.2) is 0 Å². The standard InChI is InChI=1S/C11H23NO2/c1-9(2)6-10-7-11(13)8-12(10)4-5-14-3/h9-11,13H,4-8H2,1-3H3/t10-,11-/m1/s1. The summed E-state index contributed by atoms with van der Waals surface area (Å²) in [4.78, 5) is 2.36. The van der Waals surface area contributed by atoms with E-state index >= 15 is 0 Å². The van der Waals surface area contributed by atoms with Crippen LogP contribution in [-0.4, -0.2) is 49.0 Å². The minimum atomic E-state index is -0.129. The Bertz CT molecular complexity index is 161. The molecule has 0 saturated carbocycles. The number of rotatable bonds is 5. The van der Waals surface area contributed by atoms with Gasteiger partial charge in [-0.25, -0.2) is 0 Å². The van der Waals surface area contributed by atoms with E-state index in [-0.39, 0.29) is 6.10 Å². The molecule has 0 radical (unpaired) electrons. The molecule has 0 aromatic heterocycles. The lowest BCUT2D eigenvalue weighted by molar-refractivity contribution is 0.125. The van der Waals surface area contributed by atoms with Gasteiger partial charge in [-0.1, -0.05) is 13.8 Å². The number of aliphatic hydroxyl groups is 1. The van der Waals surface area contributed by atoms with Gasteiger partial charge in [-0.2, -0.15) is 0 Å². The number of hydrogen-bond donors (Lipinski definition) is 1. The van der Waals surface area contributed by atoms with Gasteiger partial charge in [0, 0.05) is 26.2 Å². The molecule has 0 aliphatic carbocycles. The summed E-state index contributed by atoms with van der Waals surface area (Å²) in [5.41, 5.74) is 0. The van der Waals surface area contributed by atoms with Crippen molar-refractivity contribution in [3.8, 4) is 0 Å². The van der Waals surface area contributed by atoms with Crippen LogP contribution < -0.4 is 0 Å². The first-order chi connectivity index (χ1) is 6.63. The summed E-state index contributed by atoms with van der Waals surface area (Å²) in [7, 11) is 1.73. The highest BCUT2D eigenvalue weighted by Crippen LogP contribution is 2.23. The third-order valence-corrected chi connectivity index (χ3v) is 2.83. The van der Waals surface area contributed by atoms with Crippen molar-refractivity contribution in [3.05, 3.63) is 0 Å². The van der Waals surface area contributed by atoms with Gasteiger partial charge < -0.3 is 9.84 Å². The molecule has 3 heteroatoms. The van der Waals surface area contributed by atoms with Gasteiger partial charge in [0.05, 0.1) is 12.7 Å². The number of β-amino-alcohol motifs (C(OH)–C–C–N with tert-alkyl or cyclic N) is 1. The van der Waals surface area contributed by atoms with Crippen LogP contribution in [0.25, 0.3) is 0 Å². The summed E-state index contributed by atoms with van der Waals surface area (Å²) < 4.78 is 5.07. The summed E-state index contributed by atoms with van der Waals surface area (Å²) in [5.74, 6) is 0.704. The van der Waals surface area contributed by atoms with E-state index in [2.05, 4.69) is 18.7 Å². The van der Waals surface area contributed by atoms with Crippen molar-refractivity contribution < 1.29 is 9.84 Å². The van der Waals surface area contributed by atoms with Gasteiger partial charge in [0.25, 0.3) is 0 Å². The van der Waals surface area contributed by atoms with E-state index in [1.165, 1.54) is 6.42 Å². The molecule has 1 fully saturated rings.